The van der Waals surface area contributed by atoms with Crippen LogP contribution in [0.5, 0.6) is 0 Å². The van der Waals surface area contributed by atoms with E-state index in [4.69, 9.17) is 14.2 Å². The van der Waals surface area contributed by atoms with E-state index in [0.29, 0.717) is 0 Å². The van der Waals surface area contributed by atoms with Crippen molar-refractivity contribution in [1.82, 2.24) is 9.13 Å². The van der Waals surface area contributed by atoms with Crippen LogP contribution in [0.25, 0.3) is 0 Å². The summed E-state index contributed by atoms with van der Waals surface area (Å²) in [7, 11) is -4.94. The maximum atomic E-state index is 13.1. The minimum absolute atomic E-state index is 0. The molecule has 2 N–H and O–H groups in total. The third kappa shape index (κ3) is 7.77. The first-order chi connectivity index (χ1) is 16.1. The molecule has 1 fully saturated rings. The van der Waals surface area contributed by atoms with Gasteiger partial charge < -0.3 is 29.0 Å². The largest absolute Gasteiger partial charge is 1.00 e. The molecule has 0 bridgehead atoms. The smallest absolute Gasteiger partial charge is 0.726 e. The number of rotatable bonds is 11. The fraction of sp³-hybridized carbons (Fsp3) is 0.500. The van der Waals surface area contributed by atoms with Gasteiger partial charge in [0.05, 0.1) is 26.4 Å². The standard InChI is InChI=1S/C20H26N2O11S.Na/c1-13-9-21(20(26)22(18(13)25)12-30-11-14-5-3-2-4-6-14)19-17(16(24)15(10-23)33-19)31-7-8-32-34(27,28)29;/h2-6,9,15-17,19,23-24H,7-8,10-12H2,1H3,(H,27,28,29);/q;+1/p-1/t15-,16-,17-,19-;/m1./s1. The average molecular weight is 524 g/mol. The Morgan fingerprint density at radius 2 is 1.86 bits per heavy atom. The monoisotopic (exact) mass is 524 g/mol. The van der Waals surface area contributed by atoms with Crippen molar-refractivity contribution in [2.24, 2.45) is 0 Å². The molecule has 188 valence electrons. The van der Waals surface area contributed by atoms with Crippen molar-refractivity contribution in [2.75, 3.05) is 19.8 Å². The Bertz CT molecular complexity index is 1190. The van der Waals surface area contributed by atoms with Crippen LogP contribution in [0.3, 0.4) is 0 Å². The Kier molecular flexibility index (Phi) is 11.2. The van der Waals surface area contributed by atoms with Gasteiger partial charge in [0.15, 0.2) is 6.23 Å². The van der Waals surface area contributed by atoms with Crippen molar-refractivity contribution < 1.29 is 71.1 Å². The summed E-state index contributed by atoms with van der Waals surface area (Å²) < 4.78 is 54.2. The van der Waals surface area contributed by atoms with Crippen molar-refractivity contribution in [3.8, 4) is 0 Å². The molecule has 15 heteroatoms. The molecule has 0 aliphatic carbocycles. The Hall–Kier alpha value is -1.43. The number of hydrogen-bond donors (Lipinski definition) is 2. The SMILES string of the molecule is Cc1cn([C@@H]2O[C@H](CO)[C@@H](O)[C@H]2OCCOS(=O)(=O)[O-])c(=O)n(COCc2ccccc2)c1=O.[Na+]. The minimum Gasteiger partial charge on any atom is -0.726 e. The summed E-state index contributed by atoms with van der Waals surface area (Å²) >= 11 is 0. The molecular weight excluding hydrogens is 499 g/mol. The zero-order valence-corrected chi connectivity index (χ0v) is 22.0. The Balaban J connectivity index is 0.00000432. The fourth-order valence-electron chi connectivity index (χ4n) is 3.48. The topological polar surface area (TPSA) is 179 Å². The van der Waals surface area contributed by atoms with Gasteiger partial charge in [-0.1, -0.05) is 30.3 Å². The molecule has 1 aromatic carbocycles. The van der Waals surface area contributed by atoms with Crippen LogP contribution in [0, 0.1) is 6.92 Å². The summed E-state index contributed by atoms with van der Waals surface area (Å²) in [6.45, 7) is -0.394. The van der Waals surface area contributed by atoms with Gasteiger partial charge in [0, 0.05) is 11.8 Å². The third-order valence-electron chi connectivity index (χ3n) is 5.09. The van der Waals surface area contributed by atoms with Gasteiger partial charge in [0.2, 0.25) is 10.4 Å². The van der Waals surface area contributed by atoms with Crippen LogP contribution in [0.4, 0.5) is 0 Å². The Morgan fingerprint density at radius 1 is 1.17 bits per heavy atom. The van der Waals surface area contributed by atoms with Crippen LogP contribution >= 0.6 is 0 Å². The first kappa shape index (κ1) is 29.8. The maximum absolute atomic E-state index is 13.1. The molecule has 2 aromatic rings. The number of aryl methyl sites for hydroxylation is 1. The van der Waals surface area contributed by atoms with E-state index in [1.807, 2.05) is 30.3 Å². The number of aliphatic hydroxyl groups excluding tert-OH is 2. The zero-order chi connectivity index (χ0) is 24.9. The minimum atomic E-state index is -4.94. The first-order valence-corrected chi connectivity index (χ1v) is 11.6. The molecule has 35 heavy (non-hydrogen) atoms. The van der Waals surface area contributed by atoms with Crippen LogP contribution in [0.2, 0.25) is 0 Å². The number of nitrogens with zero attached hydrogens (tertiary/aromatic N) is 2. The maximum Gasteiger partial charge on any atom is 1.00 e. The summed E-state index contributed by atoms with van der Waals surface area (Å²) in [6.07, 6.45) is -3.82. The third-order valence-corrected chi connectivity index (χ3v) is 5.54. The normalized spacial score (nSPS) is 22.2. The van der Waals surface area contributed by atoms with E-state index in [0.717, 1.165) is 14.7 Å². The summed E-state index contributed by atoms with van der Waals surface area (Å²) in [5, 5.41) is 19.9. The van der Waals surface area contributed by atoms with Crippen molar-refractivity contribution in [3.63, 3.8) is 0 Å². The first-order valence-electron chi connectivity index (χ1n) is 10.2. The Labute approximate surface area is 223 Å². The summed E-state index contributed by atoms with van der Waals surface area (Å²) in [5.74, 6) is 0. The van der Waals surface area contributed by atoms with Crippen molar-refractivity contribution >= 4 is 10.4 Å². The summed E-state index contributed by atoms with van der Waals surface area (Å²) in [5.41, 5.74) is -0.384. The molecule has 0 amide bonds. The van der Waals surface area contributed by atoms with Crippen molar-refractivity contribution in [2.45, 2.75) is 44.8 Å². The fourth-order valence-corrected chi connectivity index (χ4v) is 3.75. The molecule has 1 aliphatic rings. The predicted octanol–water partition coefficient (Wildman–Crippen LogP) is -4.39. The van der Waals surface area contributed by atoms with Gasteiger partial charge in [-0.05, 0) is 12.5 Å². The molecule has 13 nitrogen and oxygen atoms in total. The van der Waals surface area contributed by atoms with Gasteiger partial charge in [0.1, 0.15) is 25.0 Å². The molecule has 1 saturated heterocycles. The van der Waals surface area contributed by atoms with E-state index in [-0.39, 0.29) is 48.5 Å². The second-order valence-corrected chi connectivity index (χ2v) is 8.55. The molecular formula is C20H25N2NaO11S. The second-order valence-electron chi connectivity index (χ2n) is 7.50. The molecule has 4 atom stereocenters. The summed E-state index contributed by atoms with van der Waals surface area (Å²) in [4.78, 5) is 25.7. The van der Waals surface area contributed by atoms with Crippen LogP contribution in [-0.2, 0) is 42.1 Å². The molecule has 2 heterocycles. The van der Waals surface area contributed by atoms with Crippen LogP contribution in [0.1, 0.15) is 17.4 Å². The number of aliphatic hydroxyl groups is 2. The van der Waals surface area contributed by atoms with Crippen molar-refractivity contribution in [3.05, 3.63) is 68.5 Å². The van der Waals surface area contributed by atoms with E-state index in [2.05, 4.69) is 4.18 Å². The number of benzene rings is 1. The molecule has 0 saturated carbocycles. The van der Waals surface area contributed by atoms with Gasteiger partial charge in [-0.2, -0.15) is 0 Å². The molecule has 3 rings (SSSR count). The zero-order valence-electron chi connectivity index (χ0n) is 19.2. The molecule has 0 spiro atoms. The average Bonchev–Trinajstić information content (AvgIpc) is 3.11. The number of hydrogen-bond acceptors (Lipinski definition) is 11. The van der Waals surface area contributed by atoms with E-state index in [9.17, 15) is 32.8 Å². The van der Waals surface area contributed by atoms with Gasteiger partial charge in [-0.25, -0.2) is 17.8 Å². The van der Waals surface area contributed by atoms with E-state index in [1.165, 1.54) is 13.1 Å². The van der Waals surface area contributed by atoms with E-state index >= 15 is 0 Å². The van der Waals surface area contributed by atoms with Crippen molar-refractivity contribution in [1.29, 1.82) is 0 Å². The molecule has 0 unspecified atom stereocenters. The van der Waals surface area contributed by atoms with Gasteiger partial charge in [-0.3, -0.25) is 13.5 Å². The summed E-state index contributed by atoms with van der Waals surface area (Å²) in [6, 6.07) is 9.13. The van der Waals surface area contributed by atoms with Crippen LogP contribution < -0.4 is 40.8 Å². The van der Waals surface area contributed by atoms with E-state index in [1.54, 1.807) is 0 Å². The van der Waals surface area contributed by atoms with Gasteiger partial charge >= 0.3 is 35.2 Å². The van der Waals surface area contributed by atoms with Crippen LogP contribution in [0.15, 0.2) is 46.1 Å². The molecule has 1 aliphatic heterocycles. The molecule has 1 aromatic heterocycles. The molecule has 0 radical (unpaired) electrons. The van der Waals surface area contributed by atoms with Gasteiger partial charge in [-0.15, -0.1) is 0 Å². The number of aromatic nitrogens is 2. The van der Waals surface area contributed by atoms with Gasteiger partial charge in [0.25, 0.3) is 5.56 Å². The number of ether oxygens (including phenoxy) is 3. The van der Waals surface area contributed by atoms with Crippen LogP contribution in [-0.4, -0.2) is 70.5 Å². The van der Waals surface area contributed by atoms with E-state index < -0.39 is 66.0 Å². The quantitative estimate of drug-likeness (QED) is 0.125. The second kappa shape index (κ2) is 13.2. The Morgan fingerprint density at radius 3 is 2.49 bits per heavy atom. The predicted molar refractivity (Wildman–Crippen MR) is 113 cm³/mol.